The molecule has 1 radical (unpaired) electrons. The molecule has 1 aliphatic rings. The summed E-state index contributed by atoms with van der Waals surface area (Å²) in [6.45, 7) is 9.39. The molecule has 0 spiro atoms. The van der Waals surface area contributed by atoms with Crippen LogP contribution in [0.1, 0.15) is 59.1 Å². The number of fused-ring (bicyclic) bond motifs is 1. The van der Waals surface area contributed by atoms with E-state index in [-0.39, 0.29) is 38.4 Å². The Kier molecular flexibility index (Phi) is 10.2. The second-order valence-electron chi connectivity index (χ2n) is 9.79. The molecule has 2 aromatic carbocycles. The molecule has 5 rings (SSSR count). The Labute approximate surface area is 233 Å². The minimum atomic E-state index is 0. The fourth-order valence-electron chi connectivity index (χ4n) is 4.28. The molecular formula is C31H33BrIrN2-2. The van der Waals surface area contributed by atoms with Gasteiger partial charge in [-0.05, 0) is 40.8 Å². The molecule has 0 unspecified atom stereocenters. The van der Waals surface area contributed by atoms with Crippen LogP contribution in [0.4, 0.5) is 0 Å². The number of hydrogen-bond acceptors (Lipinski definition) is 2. The van der Waals surface area contributed by atoms with E-state index in [9.17, 15) is 0 Å². The molecule has 1 aliphatic carbocycles. The van der Waals surface area contributed by atoms with Gasteiger partial charge in [0.25, 0.3) is 0 Å². The third kappa shape index (κ3) is 6.97. The van der Waals surface area contributed by atoms with Crippen LogP contribution in [-0.2, 0) is 30.9 Å². The average Bonchev–Trinajstić information content (AvgIpc) is 2.83. The second-order valence-corrected chi connectivity index (χ2v) is 10.7. The van der Waals surface area contributed by atoms with E-state index in [4.69, 9.17) is 0 Å². The summed E-state index contributed by atoms with van der Waals surface area (Å²) in [5, 5.41) is 0. The largest absolute Gasteiger partial charge is 0.305 e. The van der Waals surface area contributed by atoms with E-state index in [0.717, 1.165) is 27.0 Å². The van der Waals surface area contributed by atoms with Crippen LogP contribution >= 0.6 is 15.9 Å². The van der Waals surface area contributed by atoms with Crippen LogP contribution < -0.4 is 0 Å². The summed E-state index contributed by atoms with van der Waals surface area (Å²) in [5.74, 6) is 0. The third-order valence-corrected chi connectivity index (χ3v) is 6.92. The van der Waals surface area contributed by atoms with Crippen LogP contribution in [-0.4, -0.2) is 9.97 Å². The van der Waals surface area contributed by atoms with Gasteiger partial charge in [0.15, 0.2) is 0 Å². The first-order chi connectivity index (χ1) is 15.8. The van der Waals surface area contributed by atoms with Crippen LogP contribution in [0, 0.1) is 12.1 Å². The van der Waals surface area contributed by atoms with E-state index < -0.39 is 0 Å². The van der Waals surface area contributed by atoms with Gasteiger partial charge in [0, 0.05) is 32.5 Å². The number of halogens is 1. The maximum atomic E-state index is 4.45. The van der Waals surface area contributed by atoms with Gasteiger partial charge in [0.2, 0.25) is 0 Å². The monoisotopic (exact) mass is 705 g/mol. The van der Waals surface area contributed by atoms with Gasteiger partial charge >= 0.3 is 0 Å². The van der Waals surface area contributed by atoms with E-state index in [1.165, 1.54) is 24.0 Å². The molecule has 0 bridgehead atoms. The summed E-state index contributed by atoms with van der Waals surface area (Å²) in [6.07, 6.45) is 6.10. The molecule has 0 fully saturated rings. The summed E-state index contributed by atoms with van der Waals surface area (Å²) >= 11 is 3.41. The number of benzene rings is 2. The summed E-state index contributed by atoms with van der Waals surface area (Å²) in [5.41, 5.74) is 7.48. The number of hydrogen-bond donors (Lipinski definition) is 0. The second kappa shape index (κ2) is 12.2. The van der Waals surface area contributed by atoms with Crippen LogP contribution in [0.25, 0.3) is 22.5 Å². The van der Waals surface area contributed by atoms with Gasteiger partial charge in [-0.2, -0.15) is 0 Å². The van der Waals surface area contributed by atoms with Gasteiger partial charge in [-0.15, -0.1) is 64.7 Å². The van der Waals surface area contributed by atoms with Crippen LogP contribution in [0.15, 0.2) is 83.6 Å². The molecule has 0 atom stereocenters. The molecule has 0 saturated carbocycles. The fraction of sp³-hybridized carbons (Fsp3) is 0.290. The zero-order chi connectivity index (χ0) is 23.5. The Balaban J connectivity index is 0.000000252. The molecule has 35 heavy (non-hydrogen) atoms. The molecule has 4 heteroatoms. The van der Waals surface area contributed by atoms with Gasteiger partial charge in [0.1, 0.15) is 0 Å². The predicted octanol–water partition coefficient (Wildman–Crippen LogP) is 8.84. The quantitative estimate of drug-likeness (QED) is 0.195. The third-order valence-electron chi connectivity index (χ3n) is 6.43. The van der Waals surface area contributed by atoms with E-state index in [1.807, 2.05) is 54.7 Å². The van der Waals surface area contributed by atoms with Crippen molar-refractivity contribution >= 4 is 15.9 Å². The van der Waals surface area contributed by atoms with E-state index in [2.05, 4.69) is 83.9 Å². The first-order valence-corrected chi connectivity index (χ1v) is 12.1. The standard InChI is InChI=1S/C19H22N.C11H7BrN.CH4.Ir/c1-18(2)10-11-19(3,4)16-13-14(8-9-15(16)18)17-7-5-6-12-20-17;12-10-5-3-4-9(8-10)11-6-1-2-7-13-11;;/h5-7,9,12-13H,10-11H2,1-4H3;1-3,5-8H;1H4;/q2*-1;;. The van der Waals surface area contributed by atoms with Crippen molar-refractivity contribution in [1.29, 1.82) is 0 Å². The Bertz CT molecular complexity index is 1220. The maximum absolute atomic E-state index is 4.45. The number of aromatic nitrogens is 2. The van der Waals surface area contributed by atoms with Crippen molar-refractivity contribution in [2.75, 3.05) is 0 Å². The molecule has 0 saturated heterocycles. The zero-order valence-electron chi connectivity index (χ0n) is 20.0. The number of rotatable bonds is 2. The SMILES string of the molecule is Brc1cc[c-]c(-c2ccccn2)c1.C.CC1(C)CCC(C)(C)c2cc(-c3ccccn3)[c-]cc21.[Ir]. The van der Waals surface area contributed by atoms with E-state index in [1.54, 1.807) is 6.20 Å². The Morgan fingerprint density at radius 1 is 0.743 bits per heavy atom. The number of nitrogens with zero attached hydrogens (tertiary/aromatic N) is 2. The van der Waals surface area contributed by atoms with Crippen molar-refractivity contribution in [3.63, 3.8) is 0 Å². The minimum Gasteiger partial charge on any atom is -0.305 e. The Morgan fingerprint density at radius 3 is 1.80 bits per heavy atom. The number of pyridine rings is 2. The molecular weight excluding hydrogens is 672 g/mol. The van der Waals surface area contributed by atoms with Crippen molar-refractivity contribution in [1.82, 2.24) is 9.97 Å². The molecule has 2 nitrogen and oxygen atoms in total. The summed E-state index contributed by atoms with van der Waals surface area (Å²) in [4.78, 5) is 8.69. The molecule has 2 heterocycles. The van der Waals surface area contributed by atoms with Crippen LogP contribution in [0.3, 0.4) is 0 Å². The molecule has 185 valence electrons. The molecule has 0 N–H and O–H groups in total. The van der Waals surface area contributed by atoms with Gasteiger partial charge in [-0.25, -0.2) is 0 Å². The van der Waals surface area contributed by atoms with Crippen LogP contribution in [0.2, 0.25) is 0 Å². The van der Waals surface area contributed by atoms with Crippen molar-refractivity contribution in [2.45, 2.75) is 58.8 Å². The molecule has 0 amide bonds. The summed E-state index contributed by atoms with van der Waals surface area (Å²) < 4.78 is 1.05. The van der Waals surface area contributed by atoms with Crippen molar-refractivity contribution in [2.24, 2.45) is 0 Å². The van der Waals surface area contributed by atoms with Gasteiger partial charge < -0.3 is 9.97 Å². The topological polar surface area (TPSA) is 25.8 Å². The molecule has 4 aromatic rings. The normalized spacial score (nSPS) is 14.8. The van der Waals surface area contributed by atoms with E-state index >= 15 is 0 Å². The summed E-state index contributed by atoms with van der Waals surface area (Å²) in [6, 6.07) is 28.8. The van der Waals surface area contributed by atoms with Crippen LogP contribution in [0.5, 0.6) is 0 Å². The van der Waals surface area contributed by atoms with Gasteiger partial charge in [0.05, 0.1) is 0 Å². The van der Waals surface area contributed by atoms with E-state index in [0.29, 0.717) is 0 Å². The molecule has 0 aliphatic heterocycles. The zero-order valence-corrected chi connectivity index (χ0v) is 24.0. The minimum absolute atomic E-state index is 0. The summed E-state index contributed by atoms with van der Waals surface area (Å²) in [7, 11) is 0. The first-order valence-electron chi connectivity index (χ1n) is 11.3. The smallest absolute Gasteiger partial charge is 0.0160 e. The average molecular weight is 706 g/mol. The van der Waals surface area contributed by atoms with Crippen molar-refractivity contribution in [3.8, 4) is 22.5 Å². The maximum Gasteiger partial charge on any atom is 0.0160 e. The van der Waals surface area contributed by atoms with Crippen molar-refractivity contribution < 1.29 is 20.1 Å². The van der Waals surface area contributed by atoms with Crippen molar-refractivity contribution in [3.05, 3.63) is 107 Å². The van der Waals surface area contributed by atoms with Gasteiger partial charge in [-0.1, -0.05) is 86.2 Å². The van der Waals surface area contributed by atoms with Gasteiger partial charge in [-0.3, -0.25) is 0 Å². The predicted molar refractivity (Wildman–Crippen MR) is 147 cm³/mol. The Morgan fingerprint density at radius 2 is 1.29 bits per heavy atom. The molecule has 2 aromatic heterocycles. The Hall–Kier alpha value is -2.13. The first kappa shape index (κ1) is 29.1. The fourth-order valence-corrected chi connectivity index (χ4v) is 4.65.